The number of rotatable bonds is 3. The minimum atomic E-state index is -3.70. The smallest absolute Gasteiger partial charge is 0.265 e. The van der Waals surface area contributed by atoms with Gasteiger partial charge in [-0.2, -0.15) is 0 Å². The maximum absolute atomic E-state index is 13.4. The molecule has 0 unspecified atom stereocenters. The Morgan fingerprint density at radius 2 is 1.92 bits per heavy atom. The SMILES string of the molecule is COc1ccc(S(=O)(=O)N2CCSc3ccncc32)c2ccccc12. The molecule has 0 atom stereocenters. The summed E-state index contributed by atoms with van der Waals surface area (Å²) >= 11 is 1.65. The van der Waals surface area contributed by atoms with Crippen molar-refractivity contribution in [2.75, 3.05) is 23.7 Å². The van der Waals surface area contributed by atoms with Crippen molar-refractivity contribution >= 4 is 38.2 Å². The lowest BCUT2D eigenvalue weighted by Gasteiger charge is -2.30. The van der Waals surface area contributed by atoms with Gasteiger partial charge in [-0.3, -0.25) is 9.29 Å². The summed E-state index contributed by atoms with van der Waals surface area (Å²) in [6.07, 6.45) is 3.30. The number of aromatic nitrogens is 1. The minimum absolute atomic E-state index is 0.283. The Morgan fingerprint density at radius 3 is 2.72 bits per heavy atom. The third kappa shape index (κ3) is 2.63. The van der Waals surface area contributed by atoms with Crippen LogP contribution < -0.4 is 9.04 Å². The lowest BCUT2D eigenvalue weighted by atomic mass is 10.1. The van der Waals surface area contributed by atoms with Gasteiger partial charge in [0.05, 0.1) is 23.9 Å². The standard InChI is InChI=1S/C18H16N2O3S2/c1-23-16-6-7-18(14-5-3-2-4-13(14)16)25(21,22)20-10-11-24-17-8-9-19-12-15(17)20/h2-9,12H,10-11H2,1H3. The molecule has 4 rings (SSSR count). The van der Waals surface area contributed by atoms with Gasteiger partial charge >= 0.3 is 0 Å². The molecule has 1 aromatic heterocycles. The average Bonchev–Trinajstić information content (AvgIpc) is 2.66. The van der Waals surface area contributed by atoms with Gasteiger partial charge in [0.25, 0.3) is 10.0 Å². The number of thioether (sulfide) groups is 1. The first kappa shape index (κ1) is 16.2. The molecule has 0 aliphatic carbocycles. The lowest BCUT2D eigenvalue weighted by Crippen LogP contribution is -2.35. The molecule has 0 bridgehead atoms. The van der Waals surface area contributed by atoms with Crippen molar-refractivity contribution in [1.82, 2.24) is 4.98 Å². The molecule has 128 valence electrons. The van der Waals surface area contributed by atoms with Gasteiger partial charge in [0, 0.05) is 34.2 Å². The van der Waals surface area contributed by atoms with Crippen LogP contribution in [0.15, 0.2) is 64.6 Å². The van der Waals surface area contributed by atoms with Crippen molar-refractivity contribution < 1.29 is 13.2 Å². The van der Waals surface area contributed by atoms with E-state index in [1.807, 2.05) is 30.3 Å². The van der Waals surface area contributed by atoms with E-state index < -0.39 is 10.0 Å². The van der Waals surface area contributed by atoms with Gasteiger partial charge in [0.2, 0.25) is 0 Å². The van der Waals surface area contributed by atoms with Gasteiger partial charge in [0.15, 0.2) is 0 Å². The van der Waals surface area contributed by atoms with Crippen LogP contribution in [0.4, 0.5) is 5.69 Å². The molecule has 0 spiro atoms. The van der Waals surface area contributed by atoms with E-state index in [-0.39, 0.29) is 4.90 Å². The molecule has 1 aliphatic heterocycles. The zero-order valence-electron chi connectivity index (χ0n) is 13.5. The first-order valence-electron chi connectivity index (χ1n) is 7.78. The molecule has 0 radical (unpaired) electrons. The van der Waals surface area contributed by atoms with E-state index in [2.05, 4.69) is 4.98 Å². The molecule has 2 heterocycles. The molecular weight excluding hydrogens is 356 g/mol. The summed E-state index contributed by atoms with van der Waals surface area (Å²) in [4.78, 5) is 5.32. The first-order valence-corrected chi connectivity index (χ1v) is 10.2. The molecular formula is C18H16N2O3S2. The van der Waals surface area contributed by atoms with Crippen molar-refractivity contribution in [3.63, 3.8) is 0 Å². The zero-order valence-corrected chi connectivity index (χ0v) is 15.2. The van der Waals surface area contributed by atoms with Crippen molar-refractivity contribution in [3.8, 4) is 5.75 Å². The molecule has 0 saturated heterocycles. The lowest BCUT2D eigenvalue weighted by molar-refractivity contribution is 0.419. The van der Waals surface area contributed by atoms with Crippen LogP contribution >= 0.6 is 11.8 Å². The Morgan fingerprint density at radius 1 is 1.12 bits per heavy atom. The topological polar surface area (TPSA) is 59.5 Å². The summed E-state index contributed by atoms with van der Waals surface area (Å²) in [6.45, 7) is 0.423. The number of pyridine rings is 1. The van der Waals surface area contributed by atoms with Crippen molar-refractivity contribution in [3.05, 3.63) is 54.9 Å². The number of nitrogens with zero attached hydrogens (tertiary/aromatic N) is 2. The van der Waals surface area contributed by atoms with E-state index in [1.165, 1.54) is 4.31 Å². The summed E-state index contributed by atoms with van der Waals surface area (Å²) in [5, 5.41) is 1.44. The Balaban J connectivity index is 1.92. The Labute approximate surface area is 150 Å². The van der Waals surface area contributed by atoms with E-state index >= 15 is 0 Å². The third-order valence-corrected chi connectivity index (χ3v) is 7.13. The fourth-order valence-corrected chi connectivity index (χ4v) is 5.86. The predicted molar refractivity (Wildman–Crippen MR) is 100.0 cm³/mol. The highest BCUT2D eigenvalue weighted by molar-refractivity contribution is 8.00. The molecule has 0 fully saturated rings. The molecule has 2 aromatic carbocycles. The fraction of sp³-hybridized carbons (Fsp3) is 0.167. The van der Waals surface area contributed by atoms with Crippen molar-refractivity contribution in [2.24, 2.45) is 0 Å². The Kier molecular flexibility index (Phi) is 4.05. The Bertz CT molecular complexity index is 1050. The molecule has 7 heteroatoms. The highest BCUT2D eigenvalue weighted by Gasteiger charge is 2.31. The molecule has 0 N–H and O–H groups in total. The summed E-state index contributed by atoms with van der Waals surface area (Å²) in [5.74, 6) is 1.37. The summed E-state index contributed by atoms with van der Waals surface area (Å²) in [5.41, 5.74) is 0.638. The minimum Gasteiger partial charge on any atom is -0.496 e. The molecule has 0 saturated carbocycles. The maximum Gasteiger partial charge on any atom is 0.265 e. The molecule has 1 aliphatic rings. The van der Waals surface area contributed by atoms with Crippen LogP contribution in [0, 0.1) is 0 Å². The number of anilines is 1. The molecule has 5 nitrogen and oxygen atoms in total. The van der Waals surface area contributed by atoms with Crippen LogP contribution in [0.3, 0.4) is 0 Å². The van der Waals surface area contributed by atoms with Crippen LogP contribution in [0.2, 0.25) is 0 Å². The molecule has 25 heavy (non-hydrogen) atoms. The number of ether oxygens (including phenoxy) is 1. The van der Waals surface area contributed by atoms with Gasteiger partial charge in [-0.05, 0) is 18.2 Å². The summed E-state index contributed by atoms with van der Waals surface area (Å²) in [7, 11) is -2.12. The van der Waals surface area contributed by atoms with Gasteiger partial charge < -0.3 is 4.74 Å². The van der Waals surface area contributed by atoms with Gasteiger partial charge in [0.1, 0.15) is 5.75 Å². The highest BCUT2D eigenvalue weighted by Crippen LogP contribution is 2.39. The van der Waals surface area contributed by atoms with Crippen LogP contribution in [-0.2, 0) is 10.0 Å². The number of hydrogen-bond acceptors (Lipinski definition) is 5. The second-order valence-electron chi connectivity index (χ2n) is 5.58. The number of methoxy groups -OCH3 is 1. The largest absolute Gasteiger partial charge is 0.496 e. The second-order valence-corrected chi connectivity index (χ2v) is 8.55. The van der Waals surface area contributed by atoms with Crippen LogP contribution in [0.25, 0.3) is 10.8 Å². The third-order valence-electron chi connectivity index (χ3n) is 4.21. The first-order chi connectivity index (χ1) is 12.1. The van der Waals surface area contributed by atoms with E-state index in [4.69, 9.17) is 4.74 Å². The van der Waals surface area contributed by atoms with E-state index in [1.54, 1.807) is 43.4 Å². The van der Waals surface area contributed by atoms with Gasteiger partial charge in [-0.25, -0.2) is 8.42 Å². The highest BCUT2D eigenvalue weighted by atomic mass is 32.2. The Hall–Kier alpha value is -2.25. The summed E-state index contributed by atoms with van der Waals surface area (Å²) in [6, 6.07) is 12.6. The monoisotopic (exact) mass is 372 g/mol. The quantitative estimate of drug-likeness (QED) is 0.704. The summed E-state index contributed by atoms with van der Waals surface area (Å²) < 4.78 is 33.7. The van der Waals surface area contributed by atoms with Crippen molar-refractivity contribution in [2.45, 2.75) is 9.79 Å². The number of hydrogen-bond donors (Lipinski definition) is 0. The van der Waals surface area contributed by atoms with Crippen LogP contribution in [0.1, 0.15) is 0 Å². The van der Waals surface area contributed by atoms with E-state index in [0.29, 0.717) is 29.1 Å². The van der Waals surface area contributed by atoms with Crippen LogP contribution in [-0.4, -0.2) is 32.8 Å². The number of fused-ring (bicyclic) bond motifs is 2. The predicted octanol–water partition coefficient (Wildman–Crippen LogP) is 3.54. The average molecular weight is 372 g/mol. The van der Waals surface area contributed by atoms with Crippen LogP contribution in [0.5, 0.6) is 5.75 Å². The zero-order chi connectivity index (χ0) is 17.4. The van der Waals surface area contributed by atoms with E-state index in [0.717, 1.165) is 10.3 Å². The maximum atomic E-state index is 13.4. The van der Waals surface area contributed by atoms with Gasteiger partial charge in [-0.15, -0.1) is 11.8 Å². The second kappa shape index (κ2) is 6.24. The normalized spacial score (nSPS) is 14.4. The van der Waals surface area contributed by atoms with E-state index in [9.17, 15) is 8.42 Å². The molecule has 0 amide bonds. The molecule has 3 aromatic rings. The van der Waals surface area contributed by atoms with Gasteiger partial charge in [-0.1, -0.05) is 24.3 Å². The van der Waals surface area contributed by atoms with Crippen molar-refractivity contribution in [1.29, 1.82) is 0 Å². The number of benzene rings is 2. The fourth-order valence-electron chi connectivity index (χ4n) is 3.06. The number of sulfonamides is 1.